The standard InChI is InChI=1S/C18H23ClN2O2S2/c1-12-16(18(2,3)4)24-17(21(12)11-13-5-6-13)20-25(22,23)15-9-7-14(19)8-10-15/h7-10,13H,5-6,11H2,1-4H3/b20-17-. The van der Waals surface area contributed by atoms with Crippen LogP contribution in [0.25, 0.3) is 0 Å². The molecule has 1 aromatic heterocycles. The third kappa shape index (κ3) is 4.18. The first kappa shape index (κ1) is 18.7. The van der Waals surface area contributed by atoms with Gasteiger partial charge in [0, 0.05) is 22.1 Å². The minimum atomic E-state index is -3.76. The summed E-state index contributed by atoms with van der Waals surface area (Å²) in [7, 11) is -3.76. The van der Waals surface area contributed by atoms with Crippen LogP contribution in [-0.4, -0.2) is 13.0 Å². The second-order valence-electron chi connectivity index (χ2n) is 7.62. The number of benzene rings is 1. The van der Waals surface area contributed by atoms with Gasteiger partial charge in [-0.1, -0.05) is 32.4 Å². The Balaban J connectivity index is 2.14. The smallest absolute Gasteiger partial charge is 0.285 e. The highest BCUT2D eigenvalue weighted by Gasteiger charge is 2.27. The van der Waals surface area contributed by atoms with Crippen molar-refractivity contribution in [3.63, 3.8) is 0 Å². The van der Waals surface area contributed by atoms with Gasteiger partial charge in [-0.2, -0.15) is 8.42 Å². The van der Waals surface area contributed by atoms with Gasteiger partial charge in [0.05, 0.1) is 4.90 Å². The van der Waals surface area contributed by atoms with Gasteiger partial charge >= 0.3 is 0 Å². The Kier molecular flexibility index (Phi) is 4.90. The second-order valence-corrected chi connectivity index (χ2v) is 10.6. The molecule has 0 amide bonds. The molecule has 0 spiro atoms. The van der Waals surface area contributed by atoms with E-state index in [4.69, 9.17) is 11.6 Å². The molecular formula is C18H23ClN2O2S2. The number of rotatable bonds is 4. The lowest BCUT2D eigenvalue weighted by Gasteiger charge is -2.17. The van der Waals surface area contributed by atoms with Crippen LogP contribution >= 0.6 is 22.9 Å². The molecule has 1 aliphatic rings. The highest BCUT2D eigenvalue weighted by atomic mass is 35.5. The minimum absolute atomic E-state index is 0.0438. The quantitative estimate of drug-likeness (QED) is 0.760. The largest absolute Gasteiger partial charge is 0.320 e. The van der Waals surface area contributed by atoms with Crippen LogP contribution in [0.1, 0.15) is 44.2 Å². The number of hydrogen-bond acceptors (Lipinski definition) is 3. The lowest BCUT2D eigenvalue weighted by atomic mass is 9.93. The molecule has 4 nitrogen and oxygen atoms in total. The Labute approximate surface area is 158 Å². The van der Waals surface area contributed by atoms with Crippen molar-refractivity contribution in [1.29, 1.82) is 0 Å². The summed E-state index contributed by atoms with van der Waals surface area (Å²) >= 11 is 7.34. The van der Waals surface area contributed by atoms with Crippen molar-refractivity contribution < 1.29 is 8.42 Å². The summed E-state index contributed by atoms with van der Waals surface area (Å²) in [6.45, 7) is 9.33. The molecule has 0 radical (unpaired) electrons. The van der Waals surface area contributed by atoms with Crippen LogP contribution in [0.5, 0.6) is 0 Å². The SMILES string of the molecule is Cc1c(C(C)(C)C)s/c(=N\S(=O)(=O)c2ccc(Cl)cc2)n1CC1CC1. The van der Waals surface area contributed by atoms with Crippen molar-refractivity contribution in [2.45, 2.75) is 57.4 Å². The molecule has 1 fully saturated rings. The molecule has 0 bridgehead atoms. The van der Waals surface area contributed by atoms with Crippen molar-refractivity contribution >= 4 is 33.0 Å². The van der Waals surface area contributed by atoms with E-state index in [0.717, 1.165) is 12.2 Å². The zero-order valence-corrected chi connectivity index (χ0v) is 17.3. The summed E-state index contributed by atoms with van der Waals surface area (Å²) in [5, 5.41) is 0.504. The first-order valence-corrected chi connectivity index (χ1v) is 11.0. The van der Waals surface area contributed by atoms with Gasteiger partial charge in [0.25, 0.3) is 10.0 Å². The molecule has 3 rings (SSSR count). The van der Waals surface area contributed by atoms with Gasteiger partial charge < -0.3 is 4.57 Å². The Morgan fingerprint density at radius 1 is 1.24 bits per heavy atom. The number of sulfonamides is 1. The van der Waals surface area contributed by atoms with E-state index < -0.39 is 10.0 Å². The average Bonchev–Trinajstić information content (AvgIpc) is 3.26. The van der Waals surface area contributed by atoms with E-state index in [-0.39, 0.29) is 10.3 Å². The maximum atomic E-state index is 12.7. The first-order valence-electron chi connectivity index (χ1n) is 8.35. The molecule has 2 aromatic rings. The van der Waals surface area contributed by atoms with E-state index in [0.29, 0.717) is 15.7 Å². The van der Waals surface area contributed by atoms with Crippen LogP contribution in [0, 0.1) is 12.8 Å². The van der Waals surface area contributed by atoms with E-state index in [1.807, 2.05) is 0 Å². The average molecular weight is 399 g/mol. The predicted octanol–water partition coefficient (Wildman–Crippen LogP) is 4.51. The number of nitrogens with zero attached hydrogens (tertiary/aromatic N) is 2. The Hall–Kier alpha value is -1.11. The van der Waals surface area contributed by atoms with Crippen molar-refractivity contribution in [1.82, 2.24) is 4.57 Å². The van der Waals surface area contributed by atoms with Crippen LogP contribution in [0.4, 0.5) is 0 Å². The minimum Gasteiger partial charge on any atom is -0.320 e. The van der Waals surface area contributed by atoms with Gasteiger partial charge in [0.1, 0.15) is 0 Å². The molecule has 1 aliphatic carbocycles. The normalized spacial score (nSPS) is 16.4. The summed E-state index contributed by atoms with van der Waals surface area (Å²) in [4.78, 5) is 1.90. The Bertz CT molecular complexity index is 944. The molecule has 0 unspecified atom stereocenters. The molecule has 1 heterocycles. The van der Waals surface area contributed by atoms with E-state index >= 15 is 0 Å². The fraction of sp³-hybridized carbons (Fsp3) is 0.500. The van der Waals surface area contributed by atoms with E-state index in [1.54, 1.807) is 12.1 Å². The van der Waals surface area contributed by atoms with Crippen molar-refractivity contribution in [3.8, 4) is 0 Å². The van der Waals surface area contributed by atoms with Gasteiger partial charge in [0.15, 0.2) is 0 Å². The van der Waals surface area contributed by atoms with Crippen LogP contribution in [0.15, 0.2) is 33.6 Å². The molecule has 25 heavy (non-hydrogen) atoms. The lowest BCUT2D eigenvalue weighted by Crippen LogP contribution is -2.20. The Morgan fingerprint density at radius 2 is 1.84 bits per heavy atom. The zero-order chi connectivity index (χ0) is 18.4. The van der Waals surface area contributed by atoms with Crippen LogP contribution < -0.4 is 4.80 Å². The summed E-state index contributed by atoms with van der Waals surface area (Å²) in [5.41, 5.74) is 1.08. The van der Waals surface area contributed by atoms with Crippen molar-refractivity contribution in [2.75, 3.05) is 0 Å². The third-order valence-corrected chi connectivity index (χ3v) is 7.54. The third-order valence-electron chi connectivity index (χ3n) is 4.29. The van der Waals surface area contributed by atoms with Crippen molar-refractivity contribution in [3.05, 3.63) is 44.7 Å². The van der Waals surface area contributed by atoms with E-state index in [9.17, 15) is 8.42 Å². The predicted molar refractivity (Wildman–Crippen MR) is 103 cm³/mol. The fourth-order valence-electron chi connectivity index (χ4n) is 2.79. The van der Waals surface area contributed by atoms with Crippen LogP contribution in [-0.2, 0) is 22.0 Å². The maximum Gasteiger partial charge on any atom is 0.285 e. The summed E-state index contributed by atoms with van der Waals surface area (Å²) in [6.07, 6.45) is 2.41. The molecule has 7 heteroatoms. The van der Waals surface area contributed by atoms with Gasteiger partial charge in [-0.3, -0.25) is 0 Å². The molecule has 1 aromatic carbocycles. The number of halogens is 1. The molecule has 0 aliphatic heterocycles. The van der Waals surface area contributed by atoms with E-state index in [2.05, 4.69) is 36.7 Å². The summed E-state index contributed by atoms with van der Waals surface area (Å²) < 4.78 is 31.7. The van der Waals surface area contributed by atoms with Crippen LogP contribution in [0.2, 0.25) is 5.02 Å². The maximum absolute atomic E-state index is 12.7. The monoisotopic (exact) mass is 398 g/mol. The van der Waals surface area contributed by atoms with Gasteiger partial charge in [-0.05, 0) is 55.4 Å². The highest BCUT2D eigenvalue weighted by Crippen LogP contribution is 2.33. The molecule has 0 atom stereocenters. The first-order chi connectivity index (χ1) is 11.6. The fourth-order valence-corrected chi connectivity index (χ4v) is 5.31. The van der Waals surface area contributed by atoms with Gasteiger partial charge in [-0.25, -0.2) is 0 Å². The molecule has 136 valence electrons. The molecular weight excluding hydrogens is 376 g/mol. The number of thiazole rings is 1. The molecule has 0 saturated heterocycles. The van der Waals surface area contributed by atoms with E-state index in [1.165, 1.54) is 41.2 Å². The summed E-state index contributed by atoms with van der Waals surface area (Å²) in [5.74, 6) is 0.637. The van der Waals surface area contributed by atoms with Crippen molar-refractivity contribution in [2.24, 2.45) is 10.3 Å². The van der Waals surface area contributed by atoms with Gasteiger partial charge in [-0.15, -0.1) is 15.7 Å². The lowest BCUT2D eigenvalue weighted by molar-refractivity contribution is 0.562. The number of aromatic nitrogens is 1. The van der Waals surface area contributed by atoms with Crippen LogP contribution in [0.3, 0.4) is 0 Å². The highest BCUT2D eigenvalue weighted by molar-refractivity contribution is 7.90. The number of hydrogen-bond donors (Lipinski definition) is 0. The summed E-state index contributed by atoms with van der Waals surface area (Å²) in [6, 6.07) is 6.14. The molecule has 1 saturated carbocycles. The topological polar surface area (TPSA) is 51.4 Å². The van der Waals surface area contributed by atoms with Gasteiger partial charge in [0.2, 0.25) is 4.80 Å². The Morgan fingerprint density at radius 3 is 2.36 bits per heavy atom. The second kappa shape index (κ2) is 6.56. The molecule has 0 N–H and O–H groups in total. The zero-order valence-electron chi connectivity index (χ0n) is 14.9.